The topological polar surface area (TPSA) is 91.0 Å². The minimum Gasteiger partial charge on any atom is -0.508 e. The molecule has 0 bridgehead atoms. The number of aliphatic hydroxyl groups is 1. The number of hydrogen-bond acceptors (Lipinski definition) is 5. The van der Waals surface area contributed by atoms with Gasteiger partial charge in [0.1, 0.15) is 11.3 Å². The van der Waals surface area contributed by atoms with Crippen LogP contribution in [0.2, 0.25) is 0 Å². The van der Waals surface area contributed by atoms with E-state index in [0.717, 1.165) is 10.9 Å². The molecule has 6 heteroatoms. The first-order valence-electron chi connectivity index (χ1n) is 10.1. The van der Waals surface area contributed by atoms with E-state index in [0.29, 0.717) is 11.1 Å². The van der Waals surface area contributed by atoms with E-state index in [4.69, 9.17) is 4.42 Å². The molecule has 158 valence electrons. The molecule has 6 nitrogen and oxygen atoms in total. The number of para-hydroxylation sites is 1. The van der Waals surface area contributed by atoms with Gasteiger partial charge in [0.2, 0.25) is 5.78 Å². The number of Topliss-reactive ketones (excluding diaryl/α,β-unsaturated/α-hetero) is 1. The molecule has 1 amide bonds. The minimum atomic E-state index is -0.830. The van der Waals surface area contributed by atoms with Crippen LogP contribution in [-0.4, -0.2) is 26.8 Å². The minimum absolute atomic E-state index is 0.0457. The van der Waals surface area contributed by atoms with E-state index in [1.165, 1.54) is 17.0 Å². The number of ketones is 1. The second-order valence-corrected chi connectivity index (χ2v) is 7.65. The van der Waals surface area contributed by atoms with Gasteiger partial charge in [0.15, 0.2) is 11.5 Å². The smallest absolute Gasteiger partial charge is 0.290 e. The van der Waals surface area contributed by atoms with Gasteiger partial charge in [-0.25, -0.2) is 0 Å². The third-order valence-corrected chi connectivity index (χ3v) is 5.60. The number of fused-ring (bicyclic) bond motifs is 1. The first-order chi connectivity index (χ1) is 15.5. The van der Waals surface area contributed by atoms with Gasteiger partial charge in [-0.2, -0.15) is 0 Å². The Kier molecular flexibility index (Phi) is 4.75. The summed E-state index contributed by atoms with van der Waals surface area (Å²) in [4.78, 5) is 28.0. The summed E-state index contributed by atoms with van der Waals surface area (Å²) in [5, 5.41) is 21.2. The maximum Gasteiger partial charge on any atom is 0.290 e. The summed E-state index contributed by atoms with van der Waals surface area (Å²) in [6.07, 6.45) is 0. The number of hydrogen-bond donors (Lipinski definition) is 2. The number of nitrogens with zero attached hydrogens (tertiary/aromatic N) is 1. The molecule has 1 atom stereocenters. The zero-order valence-corrected chi connectivity index (χ0v) is 16.9. The molecule has 1 aromatic heterocycles. The van der Waals surface area contributed by atoms with Crippen LogP contribution in [0.3, 0.4) is 0 Å². The number of benzene rings is 3. The molecule has 0 aliphatic carbocycles. The van der Waals surface area contributed by atoms with Crippen molar-refractivity contribution in [2.75, 3.05) is 0 Å². The molecule has 3 aromatic carbocycles. The van der Waals surface area contributed by atoms with Crippen molar-refractivity contribution in [2.45, 2.75) is 12.6 Å². The Morgan fingerprint density at radius 1 is 0.906 bits per heavy atom. The van der Waals surface area contributed by atoms with E-state index in [1.54, 1.807) is 30.3 Å². The lowest BCUT2D eigenvalue weighted by Gasteiger charge is -2.26. The highest BCUT2D eigenvalue weighted by Gasteiger charge is 2.44. The quantitative estimate of drug-likeness (QED) is 0.443. The van der Waals surface area contributed by atoms with Gasteiger partial charge in [0.05, 0.1) is 11.6 Å². The van der Waals surface area contributed by atoms with Crippen LogP contribution >= 0.6 is 0 Å². The summed E-state index contributed by atoms with van der Waals surface area (Å²) in [7, 11) is 0. The van der Waals surface area contributed by atoms with Gasteiger partial charge < -0.3 is 19.5 Å². The summed E-state index contributed by atoms with van der Waals surface area (Å²) in [6.45, 7) is 0.201. The van der Waals surface area contributed by atoms with Crippen molar-refractivity contribution in [1.29, 1.82) is 0 Å². The molecular formula is C26H19NO5. The third-order valence-electron chi connectivity index (χ3n) is 5.60. The summed E-state index contributed by atoms with van der Waals surface area (Å²) in [6, 6.07) is 23.6. The van der Waals surface area contributed by atoms with Gasteiger partial charge in [-0.15, -0.1) is 0 Å². The first kappa shape index (κ1) is 19.6. The van der Waals surface area contributed by atoms with Crippen LogP contribution in [0, 0.1) is 0 Å². The van der Waals surface area contributed by atoms with Gasteiger partial charge in [-0.1, -0.05) is 60.7 Å². The van der Waals surface area contributed by atoms with Crippen molar-refractivity contribution in [1.82, 2.24) is 4.90 Å². The van der Waals surface area contributed by atoms with Crippen LogP contribution in [0.4, 0.5) is 0 Å². The van der Waals surface area contributed by atoms with Crippen molar-refractivity contribution < 1.29 is 24.2 Å². The van der Waals surface area contributed by atoms with Crippen LogP contribution in [0.1, 0.15) is 27.7 Å². The fraction of sp³-hybridized carbons (Fsp3) is 0.0769. The lowest BCUT2D eigenvalue weighted by Crippen LogP contribution is -2.30. The van der Waals surface area contributed by atoms with Crippen LogP contribution in [0.5, 0.6) is 5.75 Å². The van der Waals surface area contributed by atoms with Crippen molar-refractivity contribution in [2.24, 2.45) is 0 Å². The van der Waals surface area contributed by atoms with E-state index in [-0.39, 0.29) is 23.6 Å². The molecule has 5 rings (SSSR count). The molecule has 2 N–H and O–H groups in total. The zero-order chi connectivity index (χ0) is 22.2. The Balaban J connectivity index is 1.60. The lowest BCUT2D eigenvalue weighted by atomic mass is 9.94. The number of carbonyl (C=O) groups excluding carboxylic acids is 2. The molecule has 0 spiro atoms. The van der Waals surface area contributed by atoms with Crippen molar-refractivity contribution in [3.05, 3.63) is 113 Å². The second kappa shape index (κ2) is 7.74. The lowest BCUT2D eigenvalue weighted by molar-refractivity contribution is -0.130. The zero-order valence-electron chi connectivity index (χ0n) is 16.9. The Labute approximate surface area is 183 Å². The van der Waals surface area contributed by atoms with Crippen LogP contribution in [0.15, 0.2) is 101 Å². The fourth-order valence-corrected chi connectivity index (χ4v) is 4.06. The molecule has 1 aliphatic heterocycles. The summed E-state index contributed by atoms with van der Waals surface area (Å²) in [5.74, 6) is -1.67. The predicted octanol–water partition coefficient (Wildman–Crippen LogP) is 4.92. The Bertz CT molecular complexity index is 1320. The average Bonchev–Trinajstić information content (AvgIpc) is 3.35. The predicted molar refractivity (Wildman–Crippen MR) is 118 cm³/mol. The van der Waals surface area contributed by atoms with Gasteiger partial charge in [-0.3, -0.25) is 9.59 Å². The molecule has 32 heavy (non-hydrogen) atoms. The number of rotatable bonds is 5. The van der Waals surface area contributed by atoms with Gasteiger partial charge in [0.25, 0.3) is 5.91 Å². The van der Waals surface area contributed by atoms with Crippen LogP contribution < -0.4 is 0 Å². The highest BCUT2D eigenvalue weighted by Crippen LogP contribution is 2.40. The molecule has 0 fully saturated rings. The number of phenols is 1. The maximum atomic E-state index is 13.5. The maximum absolute atomic E-state index is 13.5. The highest BCUT2D eigenvalue weighted by molar-refractivity contribution is 6.16. The van der Waals surface area contributed by atoms with E-state index in [1.807, 2.05) is 42.5 Å². The molecule has 0 saturated heterocycles. The van der Waals surface area contributed by atoms with E-state index in [2.05, 4.69) is 0 Å². The monoisotopic (exact) mass is 425 g/mol. The number of aromatic hydroxyl groups is 1. The Morgan fingerprint density at radius 2 is 1.59 bits per heavy atom. The Hall–Kier alpha value is -4.32. The average molecular weight is 425 g/mol. The number of amides is 1. The van der Waals surface area contributed by atoms with Crippen molar-refractivity contribution in [3.8, 4) is 5.75 Å². The normalized spacial score (nSPS) is 16.2. The Morgan fingerprint density at radius 3 is 2.31 bits per heavy atom. The summed E-state index contributed by atoms with van der Waals surface area (Å²) in [5.41, 5.74) is 1.95. The van der Waals surface area contributed by atoms with Crippen LogP contribution in [-0.2, 0) is 11.3 Å². The summed E-state index contributed by atoms with van der Waals surface area (Å²) < 4.78 is 5.72. The molecule has 0 saturated carbocycles. The molecule has 1 aliphatic rings. The summed E-state index contributed by atoms with van der Waals surface area (Å²) >= 11 is 0. The van der Waals surface area contributed by atoms with Crippen LogP contribution in [0.25, 0.3) is 11.0 Å². The van der Waals surface area contributed by atoms with E-state index in [9.17, 15) is 19.8 Å². The second-order valence-electron chi connectivity index (χ2n) is 7.65. The number of phenolic OH excluding ortho intramolecular Hbond substituents is 1. The standard InChI is InChI=1S/C26H19NO5/c28-19-12-10-17(11-13-19)23-22(24(29)21-14-18-8-4-5-9-20(18)32-21)25(30)26(31)27(23)15-16-6-2-1-3-7-16/h1-14,23,28,30H,15H2. The molecule has 0 radical (unpaired) electrons. The van der Waals surface area contributed by atoms with Crippen molar-refractivity contribution >= 4 is 22.7 Å². The molecular weight excluding hydrogens is 406 g/mol. The number of furan rings is 1. The van der Waals surface area contributed by atoms with Gasteiger partial charge in [-0.05, 0) is 35.4 Å². The van der Waals surface area contributed by atoms with Gasteiger partial charge >= 0.3 is 0 Å². The molecule has 1 unspecified atom stereocenters. The third kappa shape index (κ3) is 3.32. The van der Waals surface area contributed by atoms with Gasteiger partial charge in [0, 0.05) is 11.9 Å². The SMILES string of the molecule is O=C(C1=C(O)C(=O)N(Cc2ccccc2)C1c1ccc(O)cc1)c1cc2ccccc2o1. The highest BCUT2D eigenvalue weighted by atomic mass is 16.3. The first-order valence-corrected chi connectivity index (χ1v) is 10.1. The van der Waals surface area contributed by atoms with E-state index >= 15 is 0 Å². The number of carbonyl (C=O) groups is 2. The van der Waals surface area contributed by atoms with Crippen molar-refractivity contribution in [3.63, 3.8) is 0 Å². The number of aliphatic hydroxyl groups excluding tert-OH is 1. The van der Waals surface area contributed by atoms with E-state index < -0.39 is 23.5 Å². The molecule has 2 heterocycles. The largest absolute Gasteiger partial charge is 0.508 e. The fourth-order valence-electron chi connectivity index (χ4n) is 4.06. The molecule has 4 aromatic rings.